The smallest absolute Gasteiger partial charge is 0.329 e. The predicted molar refractivity (Wildman–Crippen MR) is 58.7 cm³/mol. The monoisotopic (exact) mass is 214 g/mol. The summed E-state index contributed by atoms with van der Waals surface area (Å²) in [4.78, 5) is 10.4. The largest absolute Gasteiger partial charge is 0.480 e. The van der Waals surface area contributed by atoms with Gasteiger partial charge in [0.25, 0.3) is 0 Å². The van der Waals surface area contributed by atoms with Crippen LogP contribution in [-0.2, 0) is 9.53 Å². The lowest BCUT2D eigenvalue weighted by molar-refractivity contribution is -0.147. The van der Waals surface area contributed by atoms with Crippen molar-refractivity contribution >= 4 is 5.97 Å². The molecule has 3 heteroatoms. The van der Waals surface area contributed by atoms with Gasteiger partial charge >= 0.3 is 5.97 Å². The minimum atomic E-state index is -0.867. The van der Waals surface area contributed by atoms with E-state index in [-0.39, 0.29) is 12.7 Å². The maximum atomic E-state index is 10.4. The molecule has 0 aliphatic heterocycles. The molecule has 0 aromatic carbocycles. The SMILES string of the molecule is CC(C)C1CCC(C)C(OCC(=O)O)C1. The van der Waals surface area contributed by atoms with Crippen LogP contribution in [0, 0.1) is 17.8 Å². The molecule has 3 atom stereocenters. The molecular formula is C12H22O3. The van der Waals surface area contributed by atoms with Gasteiger partial charge in [-0.15, -0.1) is 0 Å². The normalized spacial score (nSPS) is 31.9. The maximum absolute atomic E-state index is 10.4. The van der Waals surface area contributed by atoms with E-state index in [2.05, 4.69) is 20.8 Å². The molecule has 0 heterocycles. The molecule has 1 N–H and O–H groups in total. The van der Waals surface area contributed by atoms with Gasteiger partial charge in [-0.25, -0.2) is 4.79 Å². The van der Waals surface area contributed by atoms with Crippen molar-refractivity contribution in [2.75, 3.05) is 6.61 Å². The Morgan fingerprint density at radius 3 is 2.67 bits per heavy atom. The Morgan fingerprint density at radius 2 is 2.13 bits per heavy atom. The highest BCUT2D eigenvalue weighted by Gasteiger charge is 2.30. The molecular weight excluding hydrogens is 192 g/mol. The van der Waals surface area contributed by atoms with E-state index in [9.17, 15) is 4.79 Å². The fourth-order valence-electron chi connectivity index (χ4n) is 2.33. The van der Waals surface area contributed by atoms with E-state index in [1.807, 2.05) is 0 Å². The first-order chi connectivity index (χ1) is 7.00. The number of carboxylic acid groups (broad SMARTS) is 1. The van der Waals surface area contributed by atoms with Crippen molar-refractivity contribution in [3.05, 3.63) is 0 Å². The number of carbonyl (C=O) groups is 1. The zero-order chi connectivity index (χ0) is 11.4. The molecule has 0 radical (unpaired) electrons. The average Bonchev–Trinajstić information content (AvgIpc) is 2.16. The van der Waals surface area contributed by atoms with Crippen molar-refractivity contribution in [3.8, 4) is 0 Å². The van der Waals surface area contributed by atoms with Crippen LogP contribution in [0.15, 0.2) is 0 Å². The number of ether oxygens (including phenoxy) is 1. The van der Waals surface area contributed by atoms with E-state index >= 15 is 0 Å². The van der Waals surface area contributed by atoms with E-state index in [0.717, 1.165) is 12.8 Å². The van der Waals surface area contributed by atoms with Crippen LogP contribution in [0.2, 0.25) is 0 Å². The zero-order valence-corrected chi connectivity index (χ0v) is 9.90. The molecule has 1 fully saturated rings. The van der Waals surface area contributed by atoms with Crippen LogP contribution in [0.4, 0.5) is 0 Å². The van der Waals surface area contributed by atoms with Crippen LogP contribution in [-0.4, -0.2) is 23.8 Å². The number of carboxylic acids is 1. The van der Waals surface area contributed by atoms with Crippen LogP contribution in [0.5, 0.6) is 0 Å². The summed E-state index contributed by atoms with van der Waals surface area (Å²) in [6.07, 6.45) is 3.58. The molecule has 0 amide bonds. The topological polar surface area (TPSA) is 46.5 Å². The van der Waals surface area contributed by atoms with Crippen LogP contribution in [0.25, 0.3) is 0 Å². The third kappa shape index (κ3) is 3.82. The molecule has 0 spiro atoms. The molecule has 15 heavy (non-hydrogen) atoms. The van der Waals surface area contributed by atoms with E-state index in [1.54, 1.807) is 0 Å². The highest BCUT2D eigenvalue weighted by atomic mass is 16.5. The molecule has 3 unspecified atom stereocenters. The molecule has 0 aromatic rings. The Hall–Kier alpha value is -0.570. The molecule has 1 aliphatic rings. The van der Waals surface area contributed by atoms with Gasteiger partial charge in [-0.2, -0.15) is 0 Å². The molecule has 3 nitrogen and oxygen atoms in total. The van der Waals surface area contributed by atoms with Crippen molar-refractivity contribution in [2.24, 2.45) is 17.8 Å². The van der Waals surface area contributed by atoms with E-state index in [4.69, 9.17) is 9.84 Å². The highest BCUT2D eigenvalue weighted by molar-refractivity contribution is 5.68. The lowest BCUT2D eigenvalue weighted by Crippen LogP contribution is -2.33. The van der Waals surface area contributed by atoms with Crippen molar-refractivity contribution < 1.29 is 14.6 Å². The second kappa shape index (κ2) is 5.50. The Balaban J connectivity index is 2.42. The quantitative estimate of drug-likeness (QED) is 0.782. The summed E-state index contributed by atoms with van der Waals surface area (Å²) in [7, 11) is 0. The summed E-state index contributed by atoms with van der Waals surface area (Å²) in [5, 5.41) is 8.58. The number of aliphatic carboxylic acids is 1. The van der Waals surface area contributed by atoms with Gasteiger partial charge in [0.1, 0.15) is 6.61 Å². The van der Waals surface area contributed by atoms with Crippen LogP contribution < -0.4 is 0 Å². The number of rotatable bonds is 4. The predicted octanol–water partition coefficient (Wildman–Crippen LogP) is 2.55. The average molecular weight is 214 g/mol. The second-order valence-electron chi connectivity index (χ2n) is 5.04. The summed E-state index contributed by atoms with van der Waals surface area (Å²) in [6, 6.07) is 0. The molecule has 0 saturated heterocycles. The summed E-state index contributed by atoms with van der Waals surface area (Å²) in [5.41, 5.74) is 0. The van der Waals surface area contributed by atoms with Gasteiger partial charge in [-0.05, 0) is 37.0 Å². The molecule has 1 aliphatic carbocycles. The maximum Gasteiger partial charge on any atom is 0.329 e. The Kier molecular flexibility index (Phi) is 4.58. The summed E-state index contributed by atoms with van der Waals surface area (Å²) < 4.78 is 5.44. The van der Waals surface area contributed by atoms with Crippen molar-refractivity contribution in [3.63, 3.8) is 0 Å². The Bertz CT molecular complexity index is 213. The van der Waals surface area contributed by atoms with E-state index in [0.29, 0.717) is 17.8 Å². The minimum absolute atomic E-state index is 0.141. The van der Waals surface area contributed by atoms with Gasteiger partial charge in [0, 0.05) is 0 Å². The van der Waals surface area contributed by atoms with Gasteiger partial charge in [-0.1, -0.05) is 20.8 Å². The third-order valence-corrected chi connectivity index (χ3v) is 3.53. The molecule has 88 valence electrons. The summed E-state index contributed by atoms with van der Waals surface area (Å²) >= 11 is 0. The summed E-state index contributed by atoms with van der Waals surface area (Å²) in [5.74, 6) is 1.00. The highest BCUT2D eigenvalue weighted by Crippen LogP contribution is 2.34. The van der Waals surface area contributed by atoms with Gasteiger partial charge in [0.05, 0.1) is 6.10 Å². The van der Waals surface area contributed by atoms with Gasteiger partial charge < -0.3 is 9.84 Å². The molecule has 1 saturated carbocycles. The lowest BCUT2D eigenvalue weighted by atomic mass is 9.76. The molecule has 0 bridgehead atoms. The first-order valence-corrected chi connectivity index (χ1v) is 5.84. The van der Waals surface area contributed by atoms with E-state index < -0.39 is 5.97 Å². The first-order valence-electron chi connectivity index (χ1n) is 5.84. The van der Waals surface area contributed by atoms with Crippen molar-refractivity contribution in [1.82, 2.24) is 0 Å². The van der Waals surface area contributed by atoms with Gasteiger partial charge in [-0.3, -0.25) is 0 Å². The van der Waals surface area contributed by atoms with Crippen molar-refractivity contribution in [1.29, 1.82) is 0 Å². The zero-order valence-electron chi connectivity index (χ0n) is 9.90. The summed E-state index contributed by atoms with van der Waals surface area (Å²) in [6.45, 7) is 6.46. The first kappa shape index (κ1) is 12.5. The molecule has 1 rings (SSSR count). The minimum Gasteiger partial charge on any atom is -0.480 e. The van der Waals surface area contributed by atoms with Crippen molar-refractivity contribution in [2.45, 2.75) is 46.1 Å². The second-order valence-corrected chi connectivity index (χ2v) is 5.04. The fourth-order valence-corrected chi connectivity index (χ4v) is 2.33. The van der Waals surface area contributed by atoms with E-state index in [1.165, 1.54) is 6.42 Å². The standard InChI is InChI=1S/C12H22O3/c1-8(2)10-5-4-9(3)11(6-10)15-7-12(13)14/h8-11H,4-7H2,1-3H3,(H,13,14). The lowest BCUT2D eigenvalue weighted by Gasteiger charge is -2.35. The van der Waals surface area contributed by atoms with Crippen LogP contribution in [0.1, 0.15) is 40.0 Å². The van der Waals surface area contributed by atoms with Gasteiger partial charge in [0.2, 0.25) is 0 Å². The molecule has 0 aromatic heterocycles. The number of hydrogen-bond donors (Lipinski definition) is 1. The Morgan fingerprint density at radius 1 is 1.47 bits per heavy atom. The van der Waals surface area contributed by atoms with Crippen LogP contribution >= 0.6 is 0 Å². The third-order valence-electron chi connectivity index (χ3n) is 3.53. The van der Waals surface area contributed by atoms with Gasteiger partial charge in [0.15, 0.2) is 0 Å². The Labute approximate surface area is 91.8 Å². The van der Waals surface area contributed by atoms with Crippen LogP contribution in [0.3, 0.4) is 0 Å². The number of hydrogen-bond acceptors (Lipinski definition) is 2. The fraction of sp³-hybridized carbons (Fsp3) is 0.917.